The smallest absolute Gasteiger partial charge is 0.253 e. The van der Waals surface area contributed by atoms with Gasteiger partial charge in [0.25, 0.3) is 5.91 Å². The Morgan fingerprint density at radius 3 is 2.80 bits per heavy atom. The Morgan fingerprint density at radius 1 is 1.45 bits per heavy atom. The molecule has 0 saturated carbocycles. The van der Waals surface area contributed by atoms with E-state index in [1.807, 2.05) is 37.1 Å². The fraction of sp³-hybridized carbons (Fsp3) is 0.562. The molecule has 0 aliphatic carbocycles. The van der Waals surface area contributed by atoms with Gasteiger partial charge in [0.2, 0.25) is 0 Å². The van der Waals surface area contributed by atoms with Gasteiger partial charge in [-0.25, -0.2) is 0 Å². The van der Waals surface area contributed by atoms with E-state index in [4.69, 9.17) is 4.74 Å². The summed E-state index contributed by atoms with van der Waals surface area (Å²) in [4.78, 5) is 14.5. The molecule has 4 nitrogen and oxygen atoms in total. The number of piperidine rings is 1. The highest BCUT2D eigenvalue weighted by Crippen LogP contribution is 2.22. The maximum Gasteiger partial charge on any atom is 0.253 e. The van der Waals surface area contributed by atoms with Crippen molar-refractivity contribution >= 4 is 11.6 Å². The van der Waals surface area contributed by atoms with Crippen LogP contribution < -0.4 is 5.32 Å². The van der Waals surface area contributed by atoms with Gasteiger partial charge in [-0.2, -0.15) is 0 Å². The third-order valence-corrected chi connectivity index (χ3v) is 4.22. The quantitative estimate of drug-likeness (QED) is 0.922. The number of hydrogen-bond donors (Lipinski definition) is 1. The van der Waals surface area contributed by atoms with Crippen LogP contribution in [0.25, 0.3) is 0 Å². The highest BCUT2D eigenvalue weighted by molar-refractivity contribution is 5.95. The van der Waals surface area contributed by atoms with Crippen LogP contribution in [0.1, 0.15) is 29.3 Å². The number of carbonyl (C=O) groups is 1. The lowest BCUT2D eigenvalue weighted by molar-refractivity contribution is -0.00156. The molecule has 0 radical (unpaired) electrons. The second kappa shape index (κ2) is 6.27. The molecule has 1 aliphatic rings. The SMILES string of the molecule is CNc1ccc(C(=O)N2CCC(C)C(OC)C2)cc1C. The van der Waals surface area contributed by atoms with Crippen molar-refractivity contribution in [3.63, 3.8) is 0 Å². The summed E-state index contributed by atoms with van der Waals surface area (Å²) in [5.74, 6) is 0.613. The van der Waals surface area contributed by atoms with E-state index < -0.39 is 0 Å². The molecule has 1 saturated heterocycles. The number of carbonyl (C=O) groups excluding carboxylic acids is 1. The summed E-state index contributed by atoms with van der Waals surface area (Å²) >= 11 is 0. The van der Waals surface area contributed by atoms with Crippen molar-refractivity contribution in [2.75, 3.05) is 32.6 Å². The van der Waals surface area contributed by atoms with Crippen molar-refractivity contribution in [2.24, 2.45) is 5.92 Å². The molecule has 1 fully saturated rings. The highest BCUT2D eigenvalue weighted by Gasteiger charge is 2.29. The number of amides is 1. The molecule has 1 N–H and O–H groups in total. The van der Waals surface area contributed by atoms with Gasteiger partial charge in [0, 0.05) is 38.5 Å². The molecule has 1 heterocycles. The topological polar surface area (TPSA) is 41.6 Å². The number of likely N-dealkylation sites (tertiary alicyclic amines) is 1. The van der Waals surface area contributed by atoms with E-state index in [2.05, 4.69) is 12.2 Å². The summed E-state index contributed by atoms with van der Waals surface area (Å²) < 4.78 is 5.48. The first-order chi connectivity index (χ1) is 9.56. The molecule has 1 aliphatic heterocycles. The number of methoxy groups -OCH3 is 1. The Hall–Kier alpha value is -1.55. The number of nitrogens with zero attached hydrogens (tertiary/aromatic N) is 1. The van der Waals surface area contributed by atoms with Crippen molar-refractivity contribution in [1.29, 1.82) is 0 Å². The van der Waals surface area contributed by atoms with Gasteiger partial charge < -0.3 is 15.0 Å². The predicted octanol–water partition coefficient (Wildman–Crippen LogP) is 2.53. The summed E-state index contributed by atoms with van der Waals surface area (Å²) in [5.41, 5.74) is 2.90. The Morgan fingerprint density at radius 2 is 2.20 bits per heavy atom. The summed E-state index contributed by atoms with van der Waals surface area (Å²) in [7, 11) is 3.61. The van der Waals surface area contributed by atoms with Crippen LogP contribution in [-0.2, 0) is 4.74 Å². The first-order valence-corrected chi connectivity index (χ1v) is 7.17. The number of aryl methyl sites for hydroxylation is 1. The second-order valence-corrected chi connectivity index (χ2v) is 5.57. The first kappa shape index (κ1) is 14.9. The number of anilines is 1. The summed E-state index contributed by atoms with van der Waals surface area (Å²) in [6.45, 7) is 5.69. The van der Waals surface area contributed by atoms with E-state index in [-0.39, 0.29) is 12.0 Å². The Balaban J connectivity index is 2.13. The van der Waals surface area contributed by atoms with Gasteiger partial charge in [-0.05, 0) is 43.0 Å². The van der Waals surface area contributed by atoms with E-state index >= 15 is 0 Å². The molecular weight excluding hydrogens is 252 g/mol. The molecule has 0 aromatic heterocycles. The van der Waals surface area contributed by atoms with Crippen LogP contribution >= 0.6 is 0 Å². The molecule has 1 aromatic rings. The van der Waals surface area contributed by atoms with Crippen LogP contribution in [0, 0.1) is 12.8 Å². The molecule has 4 heteroatoms. The summed E-state index contributed by atoms with van der Waals surface area (Å²) in [6.07, 6.45) is 1.14. The number of nitrogens with one attached hydrogen (secondary N) is 1. The van der Waals surface area contributed by atoms with E-state index in [0.29, 0.717) is 12.5 Å². The number of hydrogen-bond acceptors (Lipinski definition) is 3. The van der Waals surface area contributed by atoms with Gasteiger partial charge in [0.15, 0.2) is 0 Å². The van der Waals surface area contributed by atoms with E-state index in [1.54, 1.807) is 7.11 Å². The van der Waals surface area contributed by atoms with Gasteiger partial charge >= 0.3 is 0 Å². The van der Waals surface area contributed by atoms with Crippen LogP contribution in [0.15, 0.2) is 18.2 Å². The molecule has 2 unspecified atom stereocenters. The van der Waals surface area contributed by atoms with Crippen LogP contribution in [0.5, 0.6) is 0 Å². The van der Waals surface area contributed by atoms with Gasteiger partial charge in [-0.3, -0.25) is 4.79 Å². The van der Waals surface area contributed by atoms with E-state index in [1.165, 1.54) is 0 Å². The molecule has 0 spiro atoms. The van der Waals surface area contributed by atoms with Crippen LogP contribution in [-0.4, -0.2) is 44.2 Å². The van der Waals surface area contributed by atoms with Gasteiger partial charge in [-0.1, -0.05) is 6.92 Å². The molecule has 110 valence electrons. The molecule has 1 amide bonds. The Bertz CT molecular complexity index is 487. The predicted molar refractivity (Wildman–Crippen MR) is 81.2 cm³/mol. The maximum atomic E-state index is 12.6. The minimum atomic E-state index is 0.102. The van der Waals surface area contributed by atoms with Crippen molar-refractivity contribution in [1.82, 2.24) is 4.90 Å². The largest absolute Gasteiger partial charge is 0.388 e. The van der Waals surface area contributed by atoms with Gasteiger partial charge in [-0.15, -0.1) is 0 Å². The van der Waals surface area contributed by atoms with Crippen molar-refractivity contribution in [3.8, 4) is 0 Å². The lowest BCUT2D eigenvalue weighted by atomic mass is 9.95. The highest BCUT2D eigenvalue weighted by atomic mass is 16.5. The number of rotatable bonds is 3. The zero-order valence-corrected chi connectivity index (χ0v) is 12.8. The molecule has 20 heavy (non-hydrogen) atoms. The maximum absolute atomic E-state index is 12.6. The van der Waals surface area contributed by atoms with E-state index in [0.717, 1.165) is 29.8 Å². The van der Waals surface area contributed by atoms with Crippen molar-refractivity contribution in [2.45, 2.75) is 26.4 Å². The van der Waals surface area contributed by atoms with Crippen molar-refractivity contribution < 1.29 is 9.53 Å². The molecular formula is C16H24N2O2. The molecule has 1 aromatic carbocycles. The third-order valence-electron chi connectivity index (χ3n) is 4.22. The Kier molecular flexibility index (Phi) is 4.65. The van der Waals surface area contributed by atoms with Crippen LogP contribution in [0.2, 0.25) is 0 Å². The second-order valence-electron chi connectivity index (χ2n) is 5.57. The van der Waals surface area contributed by atoms with Crippen molar-refractivity contribution in [3.05, 3.63) is 29.3 Å². The molecule has 0 bridgehead atoms. The number of benzene rings is 1. The lowest BCUT2D eigenvalue weighted by Crippen LogP contribution is -2.46. The Labute approximate surface area is 121 Å². The standard InChI is InChI=1S/C16H24N2O2/c1-11-7-8-18(10-15(11)20-4)16(19)13-5-6-14(17-3)12(2)9-13/h5-6,9,11,15,17H,7-8,10H2,1-4H3. The average molecular weight is 276 g/mol. The van der Waals surface area contributed by atoms with Gasteiger partial charge in [0.1, 0.15) is 0 Å². The lowest BCUT2D eigenvalue weighted by Gasteiger charge is -2.36. The monoisotopic (exact) mass is 276 g/mol. The van der Waals surface area contributed by atoms with E-state index in [9.17, 15) is 4.79 Å². The molecule has 2 rings (SSSR count). The van der Waals surface area contributed by atoms with Crippen LogP contribution in [0.3, 0.4) is 0 Å². The fourth-order valence-corrected chi connectivity index (χ4v) is 2.78. The summed E-state index contributed by atoms with van der Waals surface area (Å²) in [6, 6.07) is 5.80. The average Bonchev–Trinajstić information content (AvgIpc) is 2.47. The fourth-order valence-electron chi connectivity index (χ4n) is 2.78. The minimum Gasteiger partial charge on any atom is -0.388 e. The van der Waals surface area contributed by atoms with Gasteiger partial charge in [0.05, 0.1) is 6.10 Å². The molecule has 2 atom stereocenters. The first-order valence-electron chi connectivity index (χ1n) is 7.17. The minimum absolute atomic E-state index is 0.102. The zero-order chi connectivity index (χ0) is 14.7. The van der Waals surface area contributed by atoms with Crippen LogP contribution in [0.4, 0.5) is 5.69 Å². The zero-order valence-electron chi connectivity index (χ0n) is 12.8. The third kappa shape index (κ3) is 2.96. The number of ether oxygens (including phenoxy) is 1. The normalized spacial score (nSPS) is 22.7. The summed E-state index contributed by atoms with van der Waals surface area (Å²) in [5, 5.41) is 3.12.